The van der Waals surface area contributed by atoms with Crippen LogP contribution in [-0.2, 0) is 19.6 Å². The van der Waals surface area contributed by atoms with Crippen LogP contribution in [0.2, 0.25) is 0 Å². The maximum atomic E-state index is 13.3. The van der Waals surface area contributed by atoms with E-state index in [4.69, 9.17) is 9.47 Å². The predicted octanol–water partition coefficient (Wildman–Crippen LogP) is 2.37. The number of benzene rings is 1. The number of hydrogen-bond acceptors (Lipinski definition) is 5. The van der Waals surface area contributed by atoms with E-state index >= 15 is 0 Å². The Morgan fingerprint density at radius 2 is 1.86 bits per heavy atom. The smallest absolute Gasteiger partial charge is 0.246 e. The minimum Gasteiger partial charge on any atom is -0.492 e. The topological polar surface area (TPSA) is 76.2 Å². The van der Waals surface area contributed by atoms with E-state index in [1.807, 2.05) is 25.7 Å². The van der Waals surface area contributed by atoms with Crippen molar-refractivity contribution in [2.45, 2.75) is 38.5 Å². The summed E-state index contributed by atoms with van der Waals surface area (Å²) in [7, 11) is -2.13. The fourth-order valence-corrected chi connectivity index (χ4v) is 5.68. The number of hydrogen-bond donors (Lipinski definition) is 0. The first kappa shape index (κ1) is 22.1. The third-order valence-corrected chi connectivity index (χ3v) is 7.69. The lowest BCUT2D eigenvalue weighted by molar-refractivity contribution is -0.142. The number of sulfonamides is 1. The molecular weight excluding hydrogens is 392 g/mol. The molecule has 0 aromatic heterocycles. The van der Waals surface area contributed by atoms with Gasteiger partial charge >= 0.3 is 0 Å². The van der Waals surface area contributed by atoms with E-state index in [-0.39, 0.29) is 16.2 Å². The fraction of sp³-hybridized carbons (Fsp3) is 0.667. The van der Waals surface area contributed by atoms with Gasteiger partial charge in [-0.2, -0.15) is 4.31 Å². The van der Waals surface area contributed by atoms with Crippen LogP contribution in [0.3, 0.4) is 0 Å². The fourth-order valence-electron chi connectivity index (χ4n) is 4.01. The highest BCUT2D eigenvalue weighted by atomic mass is 32.2. The van der Waals surface area contributed by atoms with Crippen molar-refractivity contribution in [3.8, 4) is 5.75 Å². The lowest BCUT2D eigenvalue weighted by Gasteiger charge is -2.45. The van der Waals surface area contributed by atoms with Crippen molar-refractivity contribution in [2.75, 3.05) is 46.5 Å². The van der Waals surface area contributed by atoms with Crippen LogP contribution < -0.4 is 4.74 Å². The number of amides is 1. The molecule has 29 heavy (non-hydrogen) atoms. The predicted molar refractivity (Wildman–Crippen MR) is 110 cm³/mol. The summed E-state index contributed by atoms with van der Waals surface area (Å²) < 4.78 is 39.4. The summed E-state index contributed by atoms with van der Waals surface area (Å²) in [6, 6.07) is 6.79. The standard InChI is InChI=1S/C21H32N2O5S/c1-20(2,3)19(24)22-11-9-21(10-12-22)15-23(13-14-27-4)29(25,26)18-8-6-5-7-17(18)28-16-21/h5-8H,9-16H2,1-4H3. The SMILES string of the molecule is COCCN1CC2(CCN(C(=O)C(C)(C)C)CC2)COc2ccccc2S1(=O)=O. The Morgan fingerprint density at radius 3 is 2.48 bits per heavy atom. The molecule has 7 nitrogen and oxygen atoms in total. The van der Waals surface area contributed by atoms with E-state index in [2.05, 4.69) is 0 Å². The van der Waals surface area contributed by atoms with Crippen molar-refractivity contribution < 1.29 is 22.7 Å². The zero-order valence-electron chi connectivity index (χ0n) is 17.8. The molecule has 1 aromatic rings. The van der Waals surface area contributed by atoms with Crippen molar-refractivity contribution >= 4 is 15.9 Å². The summed E-state index contributed by atoms with van der Waals surface area (Å²) in [5.41, 5.74) is -0.752. The zero-order valence-corrected chi connectivity index (χ0v) is 18.6. The number of rotatable bonds is 3. The number of likely N-dealkylation sites (tertiary alicyclic amines) is 1. The number of fused-ring (bicyclic) bond motifs is 1. The van der Waals surface area contributed by atoms with Crippen LogP contribution in [0.25, 0.3) is 0 Å². The van der Waals surface area contributed by atoms with Gasteiger partial charge in [0.25, 0.3) is 0 Å². The number of carbonyl (C=O) groups is 1. The van der Waals surface area contributed by atoms with Crippen LogP contribution in [-0.4, -0.2) is 70.0 Å². The number of carbonyl (C=O) groups excluding carboxylic acids is 1. The first-order valence-corrected chi connectivity index (χ1v) is 11.5. The quantitative estimate of drug-likeness (QED) is 0.745. The van der Waals surface area contributed by atoms with Gasteiger partial charge in [0, 0.05) is 44.1 Å². The molecule has 1 amide bonds. The Kier molecular flexibility index (Phi) is 6.27. The molecule has 2 aliphatic rings. The first-order chi connectivity index (χ1) is 13.6. The molecule has 0 bridgehead atoms. The number of piperidine rings is 1. The van der Waals surface area contributed by atoms with Crippen LogP contribution in [0.4, 0.5) is 0 Å². The number of nitrogens with zero attached hydrogens (tertiary/aromatic N) is 2. The average molecular weight is 425 g/mol. The minimum atomic E-state index is -3.70. The molecule has 0 aliphatic carbocycles. The van der Waals surface area contributed by atoms with Crippen molar-refractivity contribution in [3.05, 3.63) is 24.3 Å². The Labute approximate surface area is 174 Å². The lowest BCUT2D eigenvalue weighted by Crippen LogP contribution is -2.54. The Bertz CT molecular complexity index is 839. The van der Waals surface area contributed by atoms with E-state index in [0.717, 1.165) is 0 Å². The van der Waals surface area contributed by atoms with Crippen LogP contribution in [0.15, 0.2) is 29.2 Å². The largest absolute Gasteiger partial charge is 0.492 e. The summed E-state index contributed by atoms with van der Waals surface area (Å²) in [4.78, 5) is 14.8. The van der Waals surface area contributed by atoms with E-state index in [9.17, 15) is 13.2 Å². The van der Waals surface area contributed by atoms with Crippen molar-refractivity contribution in [2.24, 2.45) is 10.8 Å². The molecule has 2 heterocycles. The van der Waals surface area contributed by atoms with E-state index in [0.29, 0.717) is 58.0 Å². The Balaban J connectivity index is 1.88. The molecule has 0 radical (unpaired) electrons. The molecule has 1 spiro atoms. The van der Waals surface area contributed by atoms with Gasteiger partial charge in [0.05, 0.1) is 13.2 Å². The van der Waals surface area contributed by atoms with Gasteiger partial charge in [0.15, 0.2) is 0 Å². The summed E-state index contributed by atoms with van der Waals surface area (Å²) in [6.07, 6.45) is 1.41. The number of ether oxygens (including phenoxy) is 2. The van der Waals surface area contributed by atoms with Crippen LogP contribution in [0, 0.1) is 10.8 Å². The Morgan fingerprint density at radius 1 is 1.21 bits per heavy atom. The molecule has 1 saturated heterocycles. The highest BCUT2D eigenvalue weighted by molar-refractivity contribution is 7.89. The molecule has 162 valence electrons. The molecular formula is C21H32N2O5S. The average Bonchev–Trinajstić information content (AvgIpc) is 2.68. The second kappa shape index (κ2) is 8.24. The van der Waals surface area contributed by atoms with Gasteiger partial charge in [-0.25, -0.2) is 8.42 Å². The normalized spacial score (nSPS) is 21.7. The van der Waals surface area contributed by atoms with Gasteiger partial charge in [-0.15, -0.1) is 0 Å². The molecule has 0 N–H and O–H groups in total. The van der Waals surface area contributed by atoms with Crippen molar-refractivity contribution in [3.63, 3.8) is 0 Å². The van der Waals surface area contributed by atoms with Crippen LogP contribution >= 0.6 is 0 Å². The molecule has 0 saturated carbocycles. The second-order valence-electron chi connectivity index (χ2n) is 9.11. The summed E-state index contributed by atoms with van der Waals surface area (Å²) in [5, 5.41) is 0. The van der Waals surface area contributed by atoms with Crippen LogP contribution in [0.1, 0.15) is 33.6 Å². The van der Waals surface area contributed by atoms with Crippen LogP contribution in [0.5, 0.6) is 5.75 Å². The van der Waals surface area contributed by atoms with Crippen molar-refractivity contribution in [1.29, 1.82) is 0 Å². The van der Waals surface area contributed by atoms with Gasteiger partial charge in [-0.05, 0) is 25.0 Å². The molecule has 0 unspecified atom stereocenters. The molecule has 2 aliphatic heterocycles. The van der Waals surface area contributed by atoms with Gasteiger partial charge < -0.3 is 14.4 Å². The van der Waals surface area contributed by atoms with Gasteiger partial charge in [-0.3, -0.25) is 4.79 Å². The van der Waals surface area contributed by atoms with Crippen molar-refractivity contribution in [1.82, 2.24) is 9.21 Å². The molecule has 3 rings (SSSR count). The molecule has 1 aromatic carbocycles. The van der Waals surface area contributed by atoms with Gasteiger partial charge in [0.1, 0.15) is 10.6 Å². The van der Waals surface area contributed by atoms with E-state index in [1.54, 1.807) is 31.4 Å². The Hall–Kier alpha value is -1.64. The third-order valence-electron chi connectivity index (χ3n) is 5.81. The second-order valence-corrected chi connectivity index (χ2v) is 11.0. The highest BCUT2D eigenvalue weighted by Gasteiger charge is 2.44. The highest BCUT2D eigenvalue weighted by Crippen LogP contribution is 2.39. The molecule has 0 atom stereocenters. The monoisotopic (exact) mass is 424 g/mol. The summed E-state index contributed by atoms with van der Waals surface area (Å²) in [5.74, 6) is 0.524. The van der Waals surface area contributed by atoms with Gasteiger partial charge in [-0.1, -0.05) is 32.9 Å². The number of methoxy groups -OCH3 is 1. The van der Waals surface area contributed by atoms with E-state index in [1.165, 1.54) is 4.31 Å². The first-order valence-electron chi connectivity index (χ1n) is 10.1. The van der Waals surface area contributed by atoms with E-state index < -0.39 is 15.4 Å². The molecule has 8 heteroatoms. The maximum Gasteiger partial charge on any atom is 0.246 e. The van der Waals surface area contributed by atoms with Gasteiger partial charge in [0.2, 0.25) is 15.9 Å². The maximum absolute atomic E-state index is 13.3. The zero-order chi connectivity index (χ0) is 21.3. The number of para-hydroxylation sites is 1. The summed E-state index contributed by atoms with van der Waals surface area (Å²) in [6.45, 7) is 8.41. The third kappa shape index (κ3) is 4.59. The summed E-state index contributed by atoms with van der Waals surface area (Å²) >= 11 is 0. The molecule has 1 fully saturated rings. The minimum absolute atomic E-state index is 0.133. The lowest BCUT2D eigenvalue weighted by atomic mass is 9.78.